The number of hydrogen-bond donors (Lipinski definition) is 2. The molecule has 0 saturated carbocycles. The Morgan fingerprint density at radius 2 is 1.86 bits per heavy atom. The van der Waals surface area contributed by atoms with E-state index in [1.165, 1.54) is 0 Å². The summed E-state index contributed by atoms with van der Waals surface area (Å²) >= 11 is 2.23. The molecule has 0 spiro atoms. The van der Waals surface area contributed by atoms with E-state index in [2.05, 4.69) is 38.0 Å². The lowest BCUT2D eigenvalue weighted by molar-refractivity contribution is 0.440. The van der Waals surface area contributed by atoms with Crippen molar-refractivity contribution in [2.24, 2.45) is 5.84 Å². The molecule has 0 aliphatic carbocycles. The summed E-state index contributed by atoms with van der Waals surface area (Å²) in [5.41, 5.74) is 3.20. The van der Waals surface area contributed by atoms with Gasteiger partial charge in [0.05, 0.1) is 9.13 Å². The summed E-state index contributed by atoms with van der Waals surface area (Å²) in [5.74, 6) is 8.11. The molecule has 1 heterocycles. The summed E-state index contributed by atoms with van der Waals surface area (Å²) in [4.78, 5) is 9.01. The fourth-order valence-corrected chi connectivity index (χ4v) is 2.20. The van der Waals surface area contributed by atoms with Crippen LogP contribution >= 0.6 is 22.6 Å². The van der Waals surface area contributed by atoms with Gasteiger partial charge in [-0.3, -0.25) is 0 Å². The van der Waals surface area contributed by atoms with Gasteiger partial charge in [-0.05, 0) is 41.6 Å². The molecule has 6 heteroatoms. The van der Waals surface area contributed by atoms with Crippen molar-refractivity contribution in [2.75, 3.05) is 5.43 Å². The predicted molar refractivity (Wildman–Crippen MR) is 92.5 cm³/mol. The fourth-order valence-electron chi connectivity index (χ4n) is 1.70. The molecular weight excluding hydrogens is 379 g/mol. The van der Waals surface area contributed by atoms with E-state index >= 15 is 0 Å². The van der Waals surface area contributed by atoms with Crippen LogP contribution in [0.25, 0.3) is 0 Å². The van der Waals surface area contributed by atoms with Crippen LogP contribution in [0.4, 0.5) is 5.82 Å². The highest BCUT2D eigenvalue weighted by Gasteiger charge is 2.22. The monoisotopic (exact) mass is 398 g/mol. The summed E-state index contributed by atoms with van der Waals surface area (Å²) in [5, 5.41) is 0. The van der Waals surface area contributed by atoms with E-state index in [-0.39, 0.29) is 5.41 Å². The number of rotatable bonds is 3. The molecule has 21 heavy (non-hydrogen) atoms. The van der Waals surface area contributed by atoms with Crippen LogP contribution in [0.5, 0.6) is 11.6 Å². The Balaban J connectivity index is 2.50. The molecular formula is C15H19IN4O. The normalized spacial score (nSPS) is 11.3. The molecule has 2 rings (SSSR count). The van der Waals surface area contributed by atoms with E-state index in [1.807, 2.05) is 52.0 Å². The molecule has 0 amide bonds. The van der Waals surface area contributed by atoms with Gasteiger partial charge in [0.15, 0.2) is 5.82 Å². The van der Waals surface area contributed by atoms with Crippen molar-refractivity contribution in [3.05, 3.63) is 39.2 Å². The molecule has 1 aromatic heterocycles. The van der Waals surface area contributed by atoms with Crippen molar-refractivity contribution < 1.29 is 4.74 Å². The Labute approximate surface area is 138 Å². The number of nitrogens with zero attached hydrogens (tertiary/aromatic N) is 2. The van der Waals surface area contributed by atoms with Crippen LogP contribution in [0, 0.1) is 10.5 Å². The van der Waals surface area contributed by atoms with Crippen LogP contribution in [0.2, 0.25) is 0 Å². The van der Waals surface area contributed by atoms with E-state index in [9.17, 15) is 0 Å². The molecule has 0 aliphatic rings. The first kappa shape index (κ1) is 16.0. The van der Waals surface area contributed by atoms with Gasteiger partial charge < -0.3 is 10.2 Å². The predicted octanol–water partition coefficient (Wildman–Crippen LogP) is 3.77. The van der Waals surface area contributed by atoms with Gasteiger partial charge in [-0.2, -0.15) is 4.98 Å². The molecule has 0 fully saturated rings. The van der Waals surface area contributed by atoms with Crippen molar-refractivity contribution in [3.63, 3.8) is 0 Å². The first-order chi connectivity index (χ1) is 9.82. The van der Waals surface area contributed by atoms with Crippen LogP contribution in [-0.4, -0.2) is 9.97 Å². The molecule has 0 bridgehead atoms. The van der Waals surface area contributed by atoms with Crippen molar-refractivity contribution in [1.82, 2.24) is 9.97 Å². The number of nitrogens with two attached hydrogens (primary N) is 1. The Hall–Kier alpha value is -1.41. The average Bonchev–Trinajstić information content (AvgIpc) is 2.42. The average molecular weight is 398 g/mol. The van der Waals surface area contributed by atoms with Gasteiger partial charge in [-0.25, -0.2) is 10.8 Å². The lowest BCUT2D eigenvalue weighted by Gasteiger charge is -2.20. The van der Waals surface area contributed by atoms with Crippen molar-refractivity contribution in [3.8, 4) is 11.6 Å². The summed E-state index contributed by atoms with van der Waals surface area (Å²) in [6.45, 7) is 8.03. The third-order valence-electron chi connectivity index (χ3n) is 2.95. The highest BCUT2D eigenvalue weighted by Crippen LogP contribution is 2.32. The minimum absolute atomic E-state index is 0.193. The van der Waals surface area contributed by atoms with Gasteiger partial charge >= 0.3 is 0 Å². The molecule has 2 aromatic rings. The van der Waals surface area contributed by atoms with Crippen LogP contribution in [0.1, 0.15) is 32.2 Å². The number of hydrazine groups is 1. The van der Waals surface area contributed by atoms with Crippen molar-refractivity contribution in [2.45, 2.75) is 33.1 Å². The summed E-state index contributed by atoms with van der Waals surface area (Å²) in [6.07, 6.45) is 0. The zero-order valence-corrected chi connectivity index (χ0v) is 14.7. The Bertz CT molecular complexity index is 653. The minimum Gasteiger partial charge on any atom is -0.437 e. The molecule has 0 saturated heterocycles. The van der Waals surface area contributed by atoms with Crippen LogP contribution < -0.4 is 16.0 Å². The summed E-state index contributed by atoms with van der Waals surface area (Å²) in [6, 6.07) is 7.80. The summed E-state index contributed by atoms with van der Waals surface area (Å²) < 4.78 is 6.99. The first-order valence-electron chi connectivity index (χ1n) is 6.61. The lowest BCUT2D eigenvalue weighted by atomic mass is 9.95. The maximum absolute atomic E-state index is 5.96. The number of nitrogen functional groups attached to an aromatic ring is 1. The fraction of sp³-hybridized carbons (Fsp3) is 0.333. The Kier molecular flexibility index (Phi) is 4.67. The maximum atomic E-state index is 5.96. The molecule has 1 aromatic carbocycles. The molecule has 0 atom stereocenters. The first-order valence-corrected chi connectivity index (χ1v) is 7.69. The van der Waals surface area contributed by atoms with Gasteiger partial charge in [0.1, 0.15) is 11.6 Å². The highest BCUT2D eigenvalue weighted by molar-refractivity contribution is 14.1. The van der Waals surface area contributed by atoms with E-state index in [0.29, 0.717) is 17.5 Å². The number of para-hydroxylation sites is 1. The topological polar surface area (TPSA) is 73.1 Å². The van der Waals surface area contributed by atoms with Crippen LogP contribution in [-0.2, 0) is 5.41 Å². The summed E-state index contributed by atoms with van der Waals surface area (Å²) in [7, 11) is 0. The van der Waals surface area contributed by atoms with E-state index in [4.69, 9.17) is 10.6 Å². The second kappa shape index (κ2) is 6.15. The SMILES string of the molecule is Cc1c(NN)nc(C(C)(C)C)nc1Oc1ccccc1I. The van der Waals surface area contributed by atoms with Crippen molar-refractivity contribution in [1.29, 1.82) is 0 Å². The van der Waals surface area contributed by atoms with Crippen LogP contribution in [0.3, 0.4) is 0 Å². The molecule has 0 radical (unpaired) electrons. The molecule has 5 nitrogen and oxygen atoms in total. The van der Waals surface area contributed by atoms with Gasteiger partial charge in [0.25, 0.3) is 0 Å². The number of aromatic nitrogens is 2. The van der Waals surface area contributed by atoms with E-state index in [1.54, 1.807) is 0 Å². The van der Waals surface area contributed by atoms with Gasteiger partial charge in [0, 0.05) is 5.41 Å². The largest absolute Gasteiger partial charge is 0.437 e. The molecule has 0 aliphatic heterocycles. The Morgan fingerprint density at radius 3 is 2.43 bits per heavy atom. The lowest BCUT2D eigenvalue weighted by Crippen LogP contribution is -2.20. The van der Waals surface area contributed by atoms with E-state index < -0.39 is 0 Å². The number of hydrogen-bond acceptors (Lipinski definition) is 5. The van der Waals surface area contributed by atoms with Gasteiger partial charge in [0.2, 0.25) is 5.88 Å². The van der Waals surface area contributed by atoms with Gasteiger partial charge in [-0.15, -0.1) is 0 Å². The van der Waals surface area contributed by atoms with Crippen LogP contribution in [0.15, 0.2) is 24.3 Å². The minimum atomic E-state index is -0.193. The zero-order chi connectivity index (χ0) is 15.6. The number of nitrogens with one attached hydrogen (secondary N) is 1. The third kappa shape index (κ3) is 3.62. The maximum Gasteiger partial charge on any atom is 0.227 e. The molecule has 112 valence electrons. The van der Waals surface area contributed by atoms with Crippen molar-refractivity contribution >= 4 is 28.4 Å². The quantitative estimate of drug-likeness (QED) is 0.468. The third-order valence-corrected chi connectivity index (χ3v) is 3.84. The number of ether oxygens (including phenoxy) is 1. The standard InChI is InChI=1S/C15H19IN4O/c1-9-12(20-17)18-14(15(2,3)4)19-13(9)21-11-8-6-5-7-10(11)16/h5-8H,17H2,1-4H3,(H,18,19,20). The number of benzene rings is 1. The molecule has 3 N–H and O–H groups in total. The van der Waals surface area contributed by atoms with Gasteiger partial charge in [-0.1, -0.05) is 32.9 Å². The zero-order valence-electron chi connectivity index (χ0n) is 12.6. The van der Waals surface area contributed by atoms with E-state index in [0.717, 1.165) is 14.9 Å². The number of halogens is 1. The molecule has 0 unspecified atom stereocenters. The second-order valence-electron chi connectivity index (χ2n) is 5.75. The number of anilines is 1. The smallest absolute Gasteiger partial charge is 0.227 e. The Morgan fingerprint density at radius 1 is 1.19 bits per heavy atom. The second-order valence-corrected chi connectivity index (χ2v) is 6.91. The highest BCUT2D eigenvalue weighted by atomic mass is 127.